The van der Waals surface area contributed by atoms with Gasteiger partial charge in [-0.15, -0.1) is 0 Å². The van der Waals surface area contributed by atoms with E-state index in [-0.39, 0.29) is 24.0 Å². The molecule has 0 atom stereocenters. The third kappa shape index (κ3) is 7.01. The second kappa shape index (κ2) is 13.1. The highest BCUT2D eigenvalue weighted by Crippen LogP contribution is 2.40. The first-order chi connectivity index (χ1) is 19.1. The number of carbonyl (C=O) groups is 3. The summed E-state index contributed by atoms with van der Waals surface area (Å²) in [5.74, 6) is -0.0538. The Morgan fingerprint density at radius 2 is 1.80 bits per heavy atom. The van der Waals surface area contributed by atoms with Gasteiger partial charge in [-0.1, -0.05) is 47.0 Å². The standard InChI is InChI=1S/C29H25BrCl2N2O5S/c1-4-38-24-12-18(11-20(30)27(24)39-15-26(35)33-23-9-8-16(2)10-17(23)3)13-25-28(36)34(29(37)40-25)14-19-21(31)6-5-7-22(19)32/h5-13H,4,14-15H2,1-3H3,(H,33,35)/b25-13-. The first-order valence-corrected chi connectivity index (χ1v) is 14.6. The number of benzene rings is 3. The molecule has 0 saturated carbocycles. The number of hydrogen-bond donors (Lipinski definition) is 1. The lowest BCUT2D eigenvalue weighted by Gasteiger charge is -2.15. The number of rotatable bonds is 9. The van der Waals surface area contributed by atoms with E-state index in [4.69, 9.17) is 32.7 Å². The maximum Gasteiger partial charge on any atom is 0.293 e. The van der Waals surface area contributed by atoms with Crippen molar-refractivity contribution in [2.75, 3.05) is 18.5 Å². The van der Waals surface area contributed by atoms with E-state index in [1.807, 2.05) is 39.0 Å². The molecule has 11 heteroatoms. The average molecular weight is 664 g/mol. The molecule has 0 radical (unpaired) electrons. The van der Waals surface area contributed by atoms with Gasteiger partial charge in [-0.05, 0) is 96.0 Å². The molecule has 0 aromatic heterocycles. The molecule has 208 valence electrons. The van der Waals surface area contributed by atoms with Crippen molar-refractivity contribution in [3.05, 3.63) is 90.2 Å². The molecule has 40 heavy (non-hydrogen) atoms. The molecule has 4 rings (SSSR count). The minimum Gasteiger partial charge on any atom is -0.490 e. The van der Waals surface area contributed by atoms with Crippen LogP contribution in [0.15, 0.2) is 57.9 Å². The number of imide groups is 1. The molecule has 7 nitrogen and oxygen atoms in total. The van der Waals surface area contributed by atoms with E-state index in [1.165, 1.54) is 0 Å². The molecule has 1 aliphatic rings. The van der Waals surface area contributed by atoms with E-state index in [2.05, 4.69) is 21.2 Å². The number of ether oxygens (including phenoxy) is 2. The summed E-state index contributed by atoms with van der Waals surface area (Å²) in [7, 11) is 0. The lowest BCUT2D eigenvalue weighted by Crippen LogP contribution is -2.27. The van der Waals surface area contributed by atoms with Gasteiger partial charge in [0.15, 0.2) is 18.1 Å². The Morgan fingerprint density at radius 3 is 2.48 bits per heavy atom. The van der Waals surface area contributed by atoms with Crippen LogP contribution >= 0.6 is 50.9 Å². The molecule has 1 saturated heterocycles. The van der Waals surface area contributed by atoms with Gasteiger partial charge in [0.2, 0.25) is 0 Å². The van der Waals surface area contributed by atoms with Gasteiger partial charge in [0.1, 0.15) is 0 Å². The van der Waals surface area contributed by atoms with E-state index < -0.39 is 11.1 Å². The fraction of sp³-hybridized carbons (Fsp3) is 0.207. The van der Waals surface area contributed by atoms with Crippen LogP contribution in [0.5, 0.6) is 11.5 Å². The molecule has 0 spiro atoms. The fourth-order valence-electron chi connectivity index (χ4n) is 3.98. The van der Waals surface area contributed by atoms with Crippen LogP contribution < -0.4 is 14.8 Å². The summed E-state index contributed by atoms with van der Waals surface area (Å²) in [5, 5.41) is 3.18. The van der Waals surface area contributed by atoms with Gasteiger partial charge in [0.05, 0.1) is 22.5 Å². The topological polar surface area (TPSA) is 84.9 Å². The first kappa shape index (κ1) is 30.0. The van der Waals surface area contributed by atoms with E-state index in [9.17, 15) is 14.4 Å². The minimum absolute atomic E-state index is 0.0364. The largest absolute Gasteiger partial charge is 0.490 e. The van der Waals surface area contributed by atoms with Crippen molar-refractivity contribution in [3.63, 3.8) is 0 Å². The molecule has 0 unspecified atom stereocenters. The molecular formula is C29H25BrCl2N2O5S. The van der Waals surface area contributed by atoms with Crippen LogP contribution in [-0.2, 0) is 16.1 Å². The van der Waals surface area contributed by atoms with E-state index in [1.54, 1.807) is 36.4 Å². The lowest BCUT2D eigenvalue weighted by atomic mass is 10.1. The smallest absolute Gasteiger partial charge is 0.293 e. The molecule has 1 fully saturated rings. The molecule has 3 amide bonds. The molecule has 1 aliphatic heterocycles. The van der Waals surface area contributed by atoms with Crippen molar-refractivity contribution in [1.82, 2.24) is 4.90 Å². The van der Waals surface area contributed by atoms with Gasteiger partial charge >= 0.3 is 0 Å². The van der Waals surface area contributed by atoms with Crippen molar-refractivity contribution < 1.29 is 23.9 Å². The van der Waals surface area contributed by atoms with E-state index in [0.29, 0.717) is 49.4 Å². The Kier molecular flexibility index (Phi) is 9.84. The summed E-state index contributed by atoms with van der Waals surface area (Å²) < 4.78 is 12.1. The Labute approximate surface area is 254 Å². The van der Waals surface area contributed by atoms with Crippen LogP contribution in [0, 0.1) is 13.8 Å². The molecule has 1 heterocycles. The zero-order valence-corrected chi connectivity index (χ0v) is 25.8. The maximum atomic E-state index is 13.1. The quantitative estimate of drug-likeness (QED) is 0.233. The highest BCUT2D eigenvalue weighted by atomic mass is 79.9. The molecule has 3 aromatic carbocycles. The number of hydrogen-bond acceptors (Lipinski definition) is 6. The summed E-state index contributed by atoms with van der Waals surface area (Å²) in [5.41, 5.74) is 3.87. The Bertz CT molecular complexity index is 1510. The number of nitrogens with zero attached hydrogens (tertiary/aromatic N) is 1. The van der Waals surface area contributed by atoms with Gasteiger partial charge in [-0.3, -0.25) is 19.3 Å². The summed E-state index contributed by atoms with van der Waals surface area (Å²) in [6.45, 7) is 5.80. The average Bonchev–Trinajstić information content (AvgIpc) is 3.14. The predicted octanol–water partition coefficient (Wildman–Crippen LogP) is 8.03. The van der Waals surface area contributed by atoms with Crippen LogP contribution in [-0.4, -0.2) is 35.2 Å². The SMILES string of the molecule is CCOc1cc(/C=C2\SC(=O)N(Cc3c(Cl)cccc3Cl)C2=O)cc(Br)c1OCC(=O)Nc1ccc(C)cc1C. The summed E-state index contributed by atoms with van der Waals surface area (Å²) in [6, 6.07) is 14.2. The van der Waals surface area contributed by atoms with Crippen LogP contribution in [0.2, 0.25) is 10.0 Å². The third-order valence-electron chi connectivity index (χ3n) is 5.88. The Morgan fingerprint density at radius 1 is 1.07 bits per heavy atom. The molecular weight excluding hydrogens is 639 g/mol. The molecule has 0 bridgehead atoms. The molecule has 3 aromatic rings. The predicted molar refractivity (Wildman–Crippen MR) is 163 cm³/mol. The van der Waals surface area contributed by atoms with Gasteiger partial charge in [-0.25, -0.2) is 0 Å². The maximum absolute atomic E-state index is 13.1. The lowest BCUT2D eigenvalue weighted by molar-refractivity contribution is -0.123. The third-order valence-corrected chi connectivity index (χ3v) is 8.09. The number of nitrogens with one attached hydrogen (secondary N) is 1. The summed E-state index contributed by atoms with van der Waals surface area (Å²) >= 11 is 16.8. The van der Waals surface area contributed by atoms with Crippen molar-refractivity contribution in [2.24, 2.45) is 0 Å². The number of anilines is 1. The van der Waals surface area contributed by atoms with E-state index in [0.717, 1.165) is 27.8 Å². The second-order valence-corrected chi connectivity index (χ2v) is 11.5. The zero-order chi connectivity index (χ0) is 29.0. The van der Waals surface area contributed by atoms with Gasteiger partial charge < -0.3 is 14.8 Å². The van der Waals surface area contributed by atoms with Crippen LogP contribution in [0.3, 0.4) is 0 Å². The monoisotopic (exact) mass is 662 g/mol. The fourth-order valence-corrected chi connectivity index (χ4v) is 5.91. The van der Waals surface area contributed by atoms with E-state index >= 15 is 0 Å². The first-order valence-electron chi connectivity index (χ1n) is 12.2. The number of halogens is 3. The van der Waals surface area contributed by atoms with Gasteiger partial charge in [0, 0.05) is 21.3 Å². The summed E-state index contributed by atoms with van der Waals surface area (Å²) in [4.78, 5) is 39.7. The Hall–Kier alpha value is -2.98. The number of aryl methyl sites for hydroxylation is 2. The minimum atomic E-state index is -0.455. The highest BCUT2D eigenvalue weighted by Gasteiger charge is 2.36. The van der Waals surface area contributed by atoms with Crippen molar-refractivity contribution >= 4 is 79.7 Å². The summed E-state index contributed by atoms with van der Waals surface area (Å²) in [6.07, 6.45) is 1.60. The number of carbonyl (C=O) groups excluding carboxylic acids is 3. The number of amides is 3. The second-order valence-electron chi connectivity index (χ2n) is 8.89. The zero-order valence-electron chi connectivity index (χ0n) is 21.8. The van der Waals surface area contributed by atoms with Crippen LogP contribution in [0.4, 0.5) is 10.5 Å². The Balaban J connectivity index is 1.51. The van der Waals surface area contributed by atoms with Crippen LogP contribution in [0.25, 0.3) is 6.08 Å². The van der Waals surface area contributed by atoms with Crippen molar-refractivity contribution in [1.29, 1.82) is 0 Å². The highest BCUT2D eigenvalue weighted by molar-refractivity contribution is 9.10. The molecule has 1 N–H and O–H groups in total. The van der Waals surface area contributed by atoms with Crippen LogP contribution in [0.1, 0.15) is 29.2 Å². The number of thioether (sulfide) groups is 1. The van der Waals surface area contributed by atoms with Gasteiger partial charge in [0.25, 0.3) is 17.1 Å². The van der Waals surface area contributed by atoms with Gasteiger partial charge in [-0.2, -0.15) is 0 Å². The molecule has 0 aliphatic carbocycles. The van der Waals surface area contributed by atoms with Crippen molar-refractivity contribution in [3.8, 4) is 11.5 Å². The van der Waals surface area contributed by atoms with Crippen molar-refractivity contribution in [2.45, 2.75) is 27.3 Å². The normalized spacial score (nSPS) is 14.2.